The summed E-state index contributed by atoms with van der Waals surface area (Å²) in [5, 5.41) is 4.09. The quantitative estimate of drug-likeness (QED) is 0.247. The van der Waals surface area contributed by atoms with Gasteiger partial charge in [-0.25, -0.2) is 0 Å². The lowest BCUT2D eigenvalue weighted by Crippen LogP contribution is -2.56. The van der Waals surface area contributed by atoms with Crippen LogP contribution in [0.5, 0.6) is 6.01 Å². The summed E-state index contributed by atoms with van der Waals surface area (Å²) in [7, 11) is 3.33. The molecule has 2 N–H and O–H groups in total. The van der Waals surface area contributed by atoms with E-state index in [9.17, 15) is 26.7 Å². The van der Waals surface area contributed by atoms with E-state index >= 15 is 0 Å². The van der Waals surface area contributed by atoms with Crippen LogP contribution in [0, 0.1) is 12.8 Å². The molecule has 4 aliphatic rings. The third kappa shape index (κ3) is 7.27. The number of rotatable bonds is 7. The van der Waals surface area contributed by atoms with Crippen molar-refractivity contribution in [1.82, 2.24) is 29.5 Å². The number of carbonyl (C=O) groups excluding carboxylic acids is 1. The van der Waals surface area contributed by atoms with E-state index in [1.54, 1.807) is 14.1 Å². The van der Waals surface area contributed by atoms with Crippen LogP contribution in [-0.2, 0) is 41.8 Å². The number of amides is 1. The second-order valence-electron chi connectivity index (χ2n) is 14.3. The zero-order valence-electron chi connectivity index (χ0n) is 29.5. The van der Waals surface area contributed by atoms with E-state index in [1.165, 1.54) is 11.0 Å². The minimum atomic E-state index is -4.78. The van der Waals surface area contributed by atoms with Gasteiger partial charge in [-0.3, -0.25) is 14.4 Å². The highest BCUT2D eigenvalue weighted by atomic mass is 35.5. The number of hydrogen-bond acceptors (Lipinski definition) is 10. The number of alkyl halides is 3. The predicted octanol–water partition coefficient (Wildman–Crippen LogP) is 5.41. The minimum Gasteiger partial charge on any atom is -0.461 e. The van der Waals surface area contributed by atoms with E-state index in [2.05, 4.69) is 10.00 Å². The summed E-state index contributed by atoms with van der Waals surface area (Å²) in [5.74, 6) is -0.144. The number of ether oxygens (including phenoxy) is 3. The van der Waals surface area contributed by atoms with Gasteiger partial charge < -0.3 is 29.7 Å². The Balaban J connectivity index is 1.26. The molecule has 0 saturated carbocycles. The normalized spacial score (nSPS) is 23.2. The van der Waals surface area contributed by atoms with Crippen molar-refractivity contribution in [3.8, 4) is 6.01 Å². The van der Waals surface area contributed by atoms with Crippen LogP contribution >= 0.6 is 11.6 Å². The van der Waals surface area contributed by atoms with Crippen LogP contribution in [0.2, 0.25) is 5.02 Å². The highest BCUT2D eigenvalue weighted by Gasteiger charge is 2.48. The zero-order chi connectivity index (χ0) is 37.8. The second-order valence-corrected chi connectivity index (χ2v) is 14.7. The number of carbonyl (C=O) groups is 1. The summed E-state index contributed by atoms with van der Waals surface area (Å²) in [6, 6.07) is 2.26. The number of nitrogen functional groups attached to an aromatic ring is 1. The molecule has 18 heteroatoms. The highest BCUT2D eigenvalue weighted by molar-refractivity contribution is 6.31. The number of halogens is 6. The molecule has 7 rings (SSSR count). The number of nitrogens with two attached hydrogens (primary N) is 1. The Morgan fingerprint density at radius 1 is 1.21 bits per heavy atom. The zero-order valence-corrected chi connectivity index (χ0v) is 30.2. The molecule has 0 radical (unpaired) electrons. The lowest BCUT2D eigenvalue weighted by molar-refractivity contribution is -0.139. The Bertz CT molecular complexity index is 1940. The summed E-state index contributed by atoms with van der Waals surface area (Å²) in [6.45, 7) is 4.85. The van der Waals surface area contributed by atoms with Gasteiger partial charge in [-0.2, -0.15) is 37.0 Å². The molecule has 2 fully saturated rings. The van der Waals surface area contributed by atoms with Gasteiger partial charge in [0.25, 0.3) is 12.0 Å². The lowest BCUT2D eigenvalue weighted by atomic mass is 9.93. The van der Waals surface area contributed by atoms with Crippen LogP contribution < -0.4 is 15.4 Å². The number of hydrogen-bond donors (Lipinski definition) is 1. The average molecular weight is 767 g/mol. The number of fused-ring (bicyclic) bond motifs is 3. The fraction of sp³-hybridized carbons (Fsp3) is 0.543. The van der Waals surface area contributed by atoms with E-state index in [-0.39, 0.29) is 49.4 Å². The third-order valence-electron chi connectivity index (χ3n) is 10.5. The van der Waals surface area contributed by atoms with Crippen molar-refractivity contribution in [2.45, 2.75) is 63.7 Å². The number of aromatic nitrogens is 4. The second kappa shape index (κ2) is 14.3. The van der Waals surface area contributed by atoms with Crippen molar-refractivity contribution in [1.29, 1.82) is 0 Å². The molecule has 53 heavy (non-hydrogen) atoms. The molecule has 3 atom stereocenters. The predicted molar refractivity (Wildman–Crippen MR) is 184 cm³/mol. The van der Waals surface area contributed by atoms with Gasteiger partial charge in [0.05, 0.1) is 60.0 Å². The van der Waals surface area contributed by atoms with Gasteiger partial charge in [0.15, 0.2) is 5.69 Å². The Hall–Kier alpha value is -4.06. The molecule has 2 saturated heterocycles. The topological polar surface area (TPSA) is 124 Å². The average Bonchev–Trinajstić information content (AvgIpc) is 3.51. The Morgan fingerprint density at radius 2 is 2.00 bits per heavy atom. The van der Waals surface area contributed by atoms with Gasteiger partial charge in [0, 0.05) is 63.5 Å². The Kier molecular flexibility index (Phi) is 10.1. The maximum Gasteiger partial charge on any atom is 0.418 e. The van der Waals surface area contributed by atoms with Gasteiger partial charge in [-0.1, -0.05) is 11.6 Å². The standard InChI is InChI=1S/C35H40ClF5N8O4/c1-19-26-15-47(5-4-6-49(26)45-30(19)32(50)46(2)3)31-23-16-52-27(22-10-21(42)11-24(36)29(22)35(39,40)41)12-25(23)43-33(44-31)53-18-34-13-20(9-28(37)38)14-48(34)7-8-51-17-34/h9-11,20,27H,4-8,12-18,42H2,1-3H3/t20-,27-,34-/m0/s1. The van der Waals surface area contributed by atoms with Crippen molar-refractivity contribution >= 4 is 29.0 Å². The first-order chi connectivity index (χ1) is 25.1. The molecule has 1 amide bonds. The molecule has 286 valence electrons. The third-order valence-corrected chi connectivity index (χ3v) is 10.8. The van der Waals surface area contributed by atoms with Gasteiger partial charge in [-0.15, -0.1) is 0 Å². The molecule has 0 aliphatic carbocycles. The highest BCUT2D eigenvalue weighted by Crippen LogP contribution is 2.45. The molecule has 0 spiro atoms. The monoisotopic (exact) mass is 766 g/mol. The summed E-state index contributed by atoms with van der Waals surface area (Å²) in [5.41, 5.74) is 6.98. The van der Waals surface area contributed by atoms with E-state index in [0.717, 1.165) is 23.4 Å². The van der Waals surface area contributed by atoms with Crippen molar-refractivity contribution in [3.63, 3.8) is 0 Å². The fourth-order valence-corrected chi connectivity index (χ4v) is 8.29. The van der Waals surface area contributed by atoms with Gasteiger partial charge in [0.2, 0.25) is 0 Å². The fourth-order valence-electron chi connectivity index (χ4n) is 7.95. The van der Waals surface area contributed by atoms with Crippen LogP contribution in [0.25, 0.3) is 0 Å². The molecule has 1 aromatic carbocycles. The molecule has 4 aliphatic heterocycles. The van der Waals surface area contributed by atoms with Crippen molar-refractivity contribution in [3.05, 3.63) is 68.6 Å². The van der Waals surface area contributed by atoms with Crippen molar-refractivity contribution in [2.75, 3.05) is 64.2 Å². The van der Waals surface area contributed by atoms with Crippen LogP contribution in [-0.4, -0.2) is 94.5 Å². The number of benzene rings is 1. The maximum absolute atomic E-state index is 14.3. The van der Waals surface area contributed by atoms with E-state index in [1.807, 2.05) is 16.5 Å². The SMILES string of the molecule is Cc1c(C(=O)N(C)C)nn2c1CN(c1nc(OC[C@]34COCCN3C[C@@H](C=C(F)F)C4)nc3c1CO[C@H](c1cc(N)cc(Cl)c1C(F)(F)F)C3)CCC2. The largest absolute Gasteiger partial charge is 0.461 e. The summed E-state index contributed by atoms with van der Waals surface area (Å²) < 4.78 is 89.6. The molecule has 3 aromatic rings. The maximum atomic E-state index is 14.3. The summed E-state index contributed by atoms with van der Waals surface area (Å²) >= 11 is 6.10. The van der Waals surface area contributed by atoms with Gasteiger partial charge >= 0.3 is 12.2 Å². The Morgan fingerprint density at radius 3 is 2.74 bits per heavy atom. The summed E-state index contributed by atoms with van der Waals surface area (Å²) in [6.07, 6.45) is -5.70. The van der Waals surface area contributed by atoms with Crippen LogP contribution in [0.3, 0.4) is 0 Å². The van der Waals surface area contributed by atoms with Crippen molar-refractivity contribution in [2.24, 2.45) is 5.92 Å². The Labute approximate surface area is 307 Å². The molecule has 6 heterocycles. The van der Waals surface area contributed by atoms with E-state index in [0.29, 0.717) is 74.9 Å². The molecular formula is C35H40ClF5N8O4. The number of morpholine rings is 1. The molecule has 12 nitrogen and oxygen atoms in total. The number of anilines is 2. The van der Waals surface area contributed by atoms with E-state index < -0.39 is 40.4 Å². The minimum absolute atomic E-state index is 0.0189. The van der Waals surface area contributed by atoms with Crippen LogP contribution in [0.4, 0.5) is 33.5 Å². The smallest absolute Gasteiger partial charge is 0.418 e. The van der Waals surface area contributed by atoms with Crippen LogP contribution in [0.1, 0.15) is 63.1 Å². The number of nitrogens with zero attached hydrogens (tertiary/aromatic N) is 7. The number of aryl methyl sites for hydroxylation is 1. The molecular weight excluding hydrogens is 727 g/mol. The first-order valence-corrected chi connectivity index (χ1v) is 17.7. The molecule has 0 bridgehead atoms. The lowest BCUT2D eigenvalue weighted by Gasteiger charge is -2.41. The first-order valence-electron chi connectivity index (χ1n) is 17.3. The van der Waals surface area contributed by atoms with Gasteiger partial charge in [-0.05, 0) is 49.5 Å². The van der Waals surface area contributed by atoms with Crippen LogP contribution in [0.15, 0.2) is 24.3 Å². The summed E-state index contributed by atoms with van der Waals surface area (Å²) in [4.78, 5) is 28.1. The first kappa shape index (κ1) is 37.3. The van der Waals surface area contributed by atoms with Gasteiger partial charge in [0.1, 0.15) is 12.4 Å². The molecule has 2 aromatic heterocycles. The van der Waals surface area contributed by atoms with Crippen molar-refractivity contribution < 1.29 is 41.0 Å². The molecule has 0 unspecified atom stereocenters. The van der Waals surface area contributed by atoms with E-state index in [4.69, 9.17) is 41.5 Å².